The summed E-state index contributed by atoms with van der Waals surface area (Å²) < 4.78 is 5.11. The molecule has 0 fully saturated rings. The van der Waals surface area contributed by atoms with Crippen LogP contribution in [0.1, 0.15) is 36.0 Å². The fourth-order valence-electron chi connectivity index (χ4n) is 2.53. The summed E-state index contributed by atoms with van der Waals surface area (Å²) in [7, 11) is 0. The SMILES string of the molecule is Cc1cc(C(=O)OCC(=O)c2ccc3c(c2)CC(=O)N3)c(C)s1. The molecule has 6 heteroatoms. The number of hydrogen-bond donors (Lipinski definition) is 1. The lowest BCUT2D eigenvalue weighted by Gasteiger charge is -2.05. The largest absolute Gasteiger partial charge is 0.454 e. The Morgan fingerprint density at radius 2 is 2.04 bits per heavy atom. The first-order valence-electron chi connectivity index (χ1n) is 7.14. The molecule has 1 aromatic carbocycles. The molecular weight excluding hydrogens is 314 g/mol. The van der Waals surface area contributed by atoms with Crippen LogP contribution in [-0.4, -0.2) is 24.3 Å². The molecule has 3 rings (SSSR count). The number of carbonyl (C=O) groups excluding carboxylic acids is 3. The van der Waals surface area contributed by atoms with Crippen LogP contribution in [0.15, 0.2) is 24.3 Å². The topological polar surface area (TPSA) is 72.5 Å². The molecule has 2 heterocycles. The Morgan fingerprint density at radius 3 is 2.74 bits per heavy atom. The van der Waals surface area contributed by atoms with Crippen molar-refractivity contribution < 1.29 is 19.1 Å². The fourth-order valence-corrected chi connectivity index (χ4v) is 3.44. The first kappa shape index (κ1) is 15.4. The van der Waals surface area contributed by atoms with E-state index < -0.39 is 5.97 Å². The lowest BCUT2D eigenvalue weighted by atomic mass is 10.1. The standard InChI is InChI=1S/C17H15NO4S/c1-9-5-13(10(2)23-9)17(21)22-8-15(19)11-3-4-14-12(6-11)7-16(20)18-14/h3-6H,7-8H2,1-2H3,(H,18,20). The van der Waals surface area contributed by atoms with Crippen LogP contribution < -0.4 is 5.32 Å². The molecule has 0 radical (unpaired) electrons. The molecule has 118 valence electrons. The molecule has 0 aliphatic carbocycles. The van der Waals surface area contributed by atoms with Gasteiger partial charge in [0.1, 0.15) is 0 Å². The fraction of sp³-hybridized carbons (Fsp3) is 0.235. The Kier molecular flexibility index (Phi) is 4.00. The minimum atomic E-state index is -0.488. The van der Waals surface area contributed by atoms with Gasteiger partial charge in [0.15, 0.2) is 12.4 Å². The van der Waals surface area contributed by atoms with Gasteiger partial charge in [0.2, 0.25) is 5.91 Å². The molecule has 0 bridgehead atoms. The molecule has 0 spiro atoms. The van der Waals surface area contributed by atoms with Crippen molar-refractivity contribution in [2.45, 2.75) is 20.3 Å². The number of ketones is 1. The molecule has 0 saturated carbocycles. The minimum absolute atomic E-state index is 0.0840. The van der Waals surface area contributed by atoms with Gasteiger partial charge >= 0.3 is 5.97 Å². The lowest BCUT2D eigenvalue weighted by Crippen LogP contribution is -2.14. The number of nitrogens with one attached hydrogen (secondary N) is 1. The summed E-state index contributed by atoms with van der Waals surface area (Å²) in [6.45, 7) is 3.45. The number of thiophene rings is 1. The van der Waals surface area contributed by atoms with Crippen molar-refractivity contribution in [3.05, 3.63) is 50.7 Å². The summed E-state index contributed by atoms with van der Waals surface area (Å²) >= 11 is 1.52. The lowest BCUT2D eigenvalue weighted by molar-refractivity contribution is -0.115. The number of aryl methyl sites for hydroxylation is 2. The highest BCUT2D eigenvalue weighted by atomic mass is 32.1. The number of fused-ring (bicyclic) bond motifs is 1. The molecule has 0 atom stereocenters. The van der Waals surface area contributed by atoms with Gasteiger partial charge in [-0.15, -0.1) is 11.3 Å². The predicted octanol–water partition coefficient (Wildman–Crippen LogP) is 2.90. The third-order valence-corrected chi connectivity index (χ3v) is 4.61. The van der Waals surface area contributed by atoms with Gasteiger partial charge in [-0.05, 0) is 43.7 Å². The van der Waals surface area contributed by atoms with Crippen molar-refractivity contribution >= 4 is 34.7 Å². The quantitative estimate of drug-likeness (QED) is 0.691. The summed E-state index contributed by atoms with van der Waals surface area (Å²) in [5.74, 6) is -0.859. The molecule has 2 aromatic rings. The first-order chi connectivity index (χ1) is 10.9. The summed E-state index contributed by atoms with van der Waals surface area (Å²) in [6.07, 6.45) is 0.267. The van der Waals surface area contributed by atoms with E-state index >= 15 is 0 Å². The average molecular weight is 329 g/mol. The Bertz CT molecular complexity index is 822. The van der Waals surface area contributed by atoms with Crippen LogP contribution in [0.5, 0.6) is 0 Å². The molecule has 1 N–H and O–H groups in total. The van der Waals surface area contributed by atoms with E-state index in [2.05, 4.69) is 5.32 Å². The normalized spacial score (nSPS) is 12.7. The Hall–Kier alpha value is -2.47. The van der Waals surface area contributed by atoms with Crippen molar-refractivity contribution in [3.63, 3.8) is 0 Å². The predicted molar refractivity (Wildman–Crippen MR) is 87.2 cm³/mol. The van der Waals surface area contributed by atoms with Gasteiger partial charge in [0.25, 0.3) is 0 Å². The summed E-state index contributed by atoms with van der Waals surface area (Å²) in [5, 5.41) is 2.71. The highest BCUT2D eigenvalue weighted by Crippen LogP contribution is 2.24. The van der Waals surface area contributed by atoms with Crippen molar-refractivity contribution in [1.29, 1.82) is 0 Å². The molecule has 0 saturated heterocycles. The molecule has 0 unspecified atom stereocenters. The van der Waals surface area contributed by atoms with E-state index in [9.17, 15) is 14.4 Å². The van der Waals surface area contributed by atoms with Crippen molar-refractivity contribution in [2.75, 3.05) is 11.9 Å². The van der Waals surface area contributed by atoms with Crippen LogP contribution in [-0.2, 0) is 16.0 Å². The van der Waals surface area contributed by atoms with Gasteiger partial charge in [-0.1, -0.05) is 0 Å². The van der Waals surface area contributed by atoms with Crippen LogP contribution >= 0.6 is 11.3 Å². The van der Waals surface area contributed by atoms with E-state index in [1.165, 1.54) is 11.3 Å². The molecular formula is C17H15NO4S. The summed E-state index contributed by atoms with van der Waals surface area (Å²) in [4.78, 5) is 37.4. The van der Waals surface area contributed by atoms with Crippen molar-refractivity contribution in [1.82, 2.24) is 0 Å². The molecule has 1 aromatic heterocycles. The van der Waals surface area contributed by atoms with Crippen LogP contribution in [0.4, 0.5) is 5.69 Å². The molecule has 1 amide bonds. The van der Waals surface area contributed by atoms with Crippen LogP contribution in [0.25, 0.3) is 0 Å². The number of Topliss-reactive ketones (excluding diaryl/α,β-unsaturated/α-hetero) is 1. The Labute approximate surface area is 137 Å². The second-order valence-corrected chi connectivity index (χ2v) is 6.88. The Balaban J connectivity index is 1.66. The van der Waals surface area contributed by atoms with E-state index in [1.807, 2.05) is 13.8 Å². The van der Waals surface area contributed by atoms with Gasteiger partial charge in [-0.3, -0.25) is 9.59 Å². The number of esters is 1. The van der Waals surface area contributed by atoms with E-state index in [1.54, 1.807) is 24.3 Å². The highest BCUT2D eigenvalue weighted by Gasteiger charge is 2.20. The van der Waals surface area contributed by atoms with Crippen molar-refractivity contribution in [2.24, 2.45) is 0 Å². The summed E-state index contributed by atoms with van der Waals surface area (Å²) in [5.41, 5.74) is 2.46. The second-order valence-electron chi connectivity index (χ2n) is 5.42. The maximum absolute atomic E-state index is 12.2. The van der Waals surface area contributed by atoms with Gasteiger partial charge in [0.05, 0.1) is 12.0 Å². The highest BCUT2D eigenvalue weighted by molar-refractivity contribution is 7.12. The molecule has 23 heavy (non-hydrogen) atoms. The van der Waals surface area contributed by atoms with Crippen molar-refractivity contribution in [3.8, 4) is 0 Å². The zero-order chi connectivity index (χ0) is 16.6. The zero-order valence-electron chi connectivity index (χ0n) is 12.8. The van der Waals surface area contributed by atoms with Gasteiger partial charge in [-0.25, -0.2) is 4.79 Å². The zero-order valence-corrected chi connectivity index (χ0v) is 13.6. The number of amides is 1. The maximum Gasteiger partial charge on any atom is 0.339 e. The van der Waals surface area contributed by atoms with Gasteiger partial charge < -0.3 is 10.1 Å². The third kappa shape index (κ3) is 3.17. The minimum Gasteiger partial charge on any atom is -0.454 e. The van der Waals surface area contributed by atoms with Crippen LogP contribution in [0.2, 0.25) is 0 Å². The molecule has 5 nitrogen and oxygen atoms in total. The number of anilines is 1. The number of hydrogen-bond acceptors (Lipinski definition) is 5. The molecule has 1 aliphatic rings. The number of carbonyl (C=O) groups is 3. The average Bonchev–Trinajstić information content (AvgIpc) is 3.04. The third-order valence-electron chi connectivity index (χ3n) is 3.65. The van der Waals surface area contributed by atoms with E-state index in [0.29, 0.717) is 11.1 Å². The smallest absolute Gasteiger partial charge is 0.339 e. The maximum atomic E-state index is 12.2. The summed E-state index contributed by atoms with van der Waals surface area (Å²) in [6, 6.07) is 6.76. The van der Waals surface area contributed by atoms with E-state index in [0.717, 1.165) is 21.0 Å². The number of rotatable bonds is 4. The Morgan fingerprint density at radius 1 is 1.26 bits per heavy atom. The monoisotopic (exact) mass is 329 g/mol. The van der Waals surface area contributed by atoms with Crippen LogP contribution in [0, 0.1) is 13.8 Å². The number of benzene rings is 1. The van der Waals surface area contributed by atoms with E-state index in [4.69, 9.17) is 4.74 Å². The first-order valence-corrected chi connectivity index (χ1v) is 7.96. The molecule has 1 aliphatic heterocycles. The van der Waals surface area contributed by atoms with Gasteiger partial charge in [-0.2, -0.15) is 0 Å². The second kappa shape index (κ2) is 5.96. The van der Waals surface area contributed by atoms with Gasteiger partial charge in [0, 0.05) is 21.0 Å². The van der Waals surface area contributed by atoms with Crippen LogP contribution in [0.3, 0.4) is 0 Å². The van der Waals surface area contributed by atoms with E-state index in [-0.39, 0.29) is 24.7 Å². The number of ether oxygens (including phenoxy) is 1.